The summed E-state index contributed by atoms with van der Waals surface area (Å²) < 4.78 is 5.76. The van der Waals surface area contributed by atoms with Crippen molar-refractivity contribution in [1.82, 2.24) is 4.90 Å². The average molecular weight is 267 g/mol. The summed E-state index contributed by atoms with van der Waals surface area (Å²) in [5.74, 6) is 0.836. The highest BCUT2D eigenvalue weighted by Crippen LogP contribution is 2.45. The number of halogens is 1. The number of ether oxygens (including phenoxy) is 1. The van der Waals surface area contributed by atoms with Crippen LogP contribution in [0.2, 0.25) is 5.02 Å². The molecule has 0 radical (unpaired) electrons. The van der Waals surface area contributed by atoms with Crippen molar-refractivity contribution in [3.8, 4) is 5.75 Å². The van der Waals surface area contributed by atoms with E-state index >= 15 is 0 Å². The van der Waals surface area contributed by atoms with Gasteiger partial charge in [0, 0.05) is 18.5 Å². The first-order valence-corrected chi connectivity index (χ1v) is 7.03. The molecule has 1 fully saturated rings. The topological polar surface area (TPSA) is 38.5 Å². The molecular formula is C14H19ClN2O. The van der Waals surface area contributed by atoms with Gasteiger partial charge in [0.05, 0.1) is 17.2 Å². The molecule has 1 saturated heterocycles. The van der Waals surface area contributed by atoms with E-state index in [1.54, 1.807) is 0 Å². The van der Waals surface area contributed by atoms with Gasteiger partial charge in [0.2, 0.25) is 0 Å². The van der Waals surface area contributed by atoms with Crippen molar-refractivity contribution in [3.05, 3.63) is 28.8 Å². The summed E-state index contributed by atoms with van der Waals surface area (Å²) >= 11 is 6.25. The number of para-hydroxylation sites is 1. The van der Waals surface area contributed by atoms with Crippen molar-refractivity contribution in [2.75, 3.05) is 26.2 Å². The van der Waals surface area contributed by atoms with Crippen molar-refractivity contribution in [2.45, 2.75) is 24.8 Å². The lowest BCUT2D eigenvalue weighted by atomic mass is 9.83. The molecular weight excluding hydrogens is 248 g/mol. The Labute approximate surface area is 113 Å². The second kappa shape index (κ2) is 4.72. The zero-order chi connectivity index (χ0) is 12.6. The summed E-state index contributed by atoms with van der Waals surface area (Å²) in [5, 5.41) is 0.698. The summed E-state index contributed by atoms with van der Waals surface area (Å²) in [5.41, 5.74) is 7.24. The lowest BCUT2D eigenvalue weighted by molar-refractivity contribution is 0.0698. The van der Waals surface area contributed by atoms with Gasteiger partial charge in [0.25, 0.3) is 0 Å². The molecule has 3 rings (SSSR count). The number of hydrogen-bond acceptors (Lipinski definition) is 3. The summed E-state index contributed by atoms with van der Waals surface area (Å²) in [6.45, 7) is 3.58. The molecule has 0 bridgehead atoms. The largest absolute Gasteiger partial charge is 0.492 e. The van der Waals surface area contributed by atoms with Gasteiger partial charge in [-0.1, -0.05) is 23.7 Å². The molecule has 18 heavy (non-hydrogen) atoms. The standard InChI is InChI=1S/C14H19ClN2O/c15-12-5-3-4-11-13(12)18-9-6-14(11,10-16)17-7-1-2-8-17/h3-5H,1-2,6-10,16H2. The van der Waals surface area contributed by atoms with Gasteiger partial charge in [-0.2, -0.15) is 0 Å². The Morgan fingerprint density at radius 1 is 1.33 bits per heavy atom. The summed E-state index contributed by atoms with van der Waals surface area (Å²) in [7, 11) is 0. The smallest absolute Gasteiger partial charge is 0.142 e. The van der Waals surface area contributed by atoms with E-state index in [1.807, 2.05) is 12.1 Å². The third-order valence-electron chi connectivity index (χ3n) is 4.28. The maximum absolute atomic E-state index is 6.25. The molecule has 2 heterocycles. The van der Waals surface area contributed by atoms with Gasteiger partial charge in [-0.3, -0.25) is 4.90 Å². The molecule has 0 amide bonds. The van der Waals surface area contributed by atoms with E-state index in [1.165, 1.54) is 18.4 Å². The highest BCUT2D eigenvalue weighted by Gasteiger charge is 2.43. The Kier molecular flexibility index (Phi) is 3.22. The predicted molar refractivity (Wildman–Crippen MR) is 73.1 cm³/mol. The second-order valence-electron chi connectivity index (χ2n) is 5.14. The van der Waals surface area contributed by atoms with Crippen LogP contribution < -0.4 is 10.5 Å². The number of nitrogens with zero attached hydrogens (tertiary/aromatic N) is 1. The highest BCUT2D eigenvalue weighted by atomic mass is 35.5. The fourth-order valence-corrected chi connectivity index (χ4v) is 3.52. The minimum Gasteiger partial charge on any atom is -0.492 e. The van der Waals surface area contributed by atoms with Crippen molar-refractivity contribution < 1.29 is 4.74 Å². The molecule has 98 valence electrons. The Morgan fingerprint density at radius 3 is 2.83 bits per heavy atom. The average Bonchev–Trinajstić information content (AvgIpc) is 2.93. The number of fused-ring (bicyclic) bond motifs is 1. The number of rotatable bonds is 2. The highest BCUT2D eigenvalue weighted by molar-refractivity contribution is 6.32. The molecule has 4 heteroatoms. The first-order valence-electron chi connectivity index (χ1n) is 6.65. The molecule has 1 unspecified atom stereocenters. The normalized spacial score (nSPS) is 27.9. The minimum atomic E-state index is -0.0744. The summed E-state index contributed by atoms with van der Waals surface area (Å²) in [4.78, 5) is 2.52. The SMILES string of the molecule is NCC1(N2CCCC2)CCOc2c(Cl)cccc21. The lowest BCUT2D eigenvalue weighted by Crippen LogP contribution is -2.52. The van der Waals surface area contributed by atoms with Crippen LogP contribution in [0.5, 0.6) is 5.75 Å². The van der Waals surface area contributed by atoms with E-state index in [4.69, 9.17) is 22.1 Å². The molecule has 3 nitrogen and oxygen atoms in total. The van der Waals surface area contributed by atoms with Gasteiger partial charge in [-0.25, -0.2) is 0 Å². The van der Waals surface area contributed by atoms with Crippen LogP contribution in [0.15, 0.2) is 18.2 Å². The van der Waals surface area contributed by atoms with Crippen LogP contribution in [0.1, 0.15) is 24.8 Å². The minimum absolute atomic E-state index is 0.0744. The fourth-order valence-electron chi connectivity index (χ4n) is 3.29. The molecule has 2 aliphatic rings. The van der Waals surface area contributed by atoms with Crippen LogP contribution in [0.3, 0.4) is 0 Å². The number of likely N-dealkylation sites (tertiary alicyclic amines) is 1. The van der Waals surface area contributed by atoms with Gasteiger partial charge >= 0.3 is 0 Å². The molecule has 1 aromatic carbocycles. The first-order chi connectivity index (χ1) is 8.78. The van der Waals surface area contributed by atoms with Crippen LogP contribution in [-0.2, 0) is 5.54 Å². The summed E-state index contributed by atoms with van der Waals surface area (Å²) in [6, 6.07) is 6.00. The number of benzene rings is 1. The van der Waals surface area contributed by atoms with E-state index in [-0.39, 0.29) is 5.54 Å². The lowest BCUT2D eigenvalue weighted by Gasteiger charge is -2.45. The van der Waals surface area contributed by atoms with Crippen LogP contribution in [0.25, 0.3) is 0 Å². The van der Waals surface area contributed by atoms with E-state index in [0.29, 0.717) is 18.2 Å². The molecule has 0 aromatic heterocycles. The molecule has 1 aromatic rings. The maximum atomic E-state index is 6.25. The van der Waals surface area contributed by atoms with E-state index in [9.17, 15) is 0 Å². The van der Waals surface area contributed by atoms with Crippen LogP contribution in [-0.4, -0.2) is 31.1 Å². The zero-order valence-electron chi connectivity index (χ0n) is 10.5. The van der Waals surface area contributed by atoms with Crippen molar-refractivity contribution in [3.63, 3.8) is 0 Å². The molecule has 0 saturated carbocycles. The van der Waals surface area contributed by atoms with Gasteiger partial charge in [0.15, 0.2) is 0 Å². The van der Waals surface area contributed by atoms with Crippen molar-refractivity contribution in [2.24, 2.45) is 5.73 Å². The van der Waals surface area contributed by atoms with Crippen LogP contribution in [0.4, 0.5) is 0 Å². The third-order valence-corrected chi connectivity index (χ3v) is 4.58. The van der Waals surface area contributed by atoms with E-state index in [2.05, 4.69) is 11.0 Å². The van der Waals surface area contributed by atoms with Crippen molar-refractivity contribution in [1.29, 1.82) is 0 Å². The number of hydrogen-bond donors (Lipinski definition) is 1. The predicted octanol–water partition coefficient (Wildman–Crippen LogP) is 2.37. The Balaban J connectivity index is 2.09. The Bertz CT molecular complexity index is 445. The number of nitrogens with two attached hydrogens (primary N) is 1. The Hall–Kier alpha value is -0.770. The fraction of sp³-hybridized carbons (Fsp3) is 0.571. The first kappa shape index (κ1) is 12.3. The molecule has 0 spiro atoms. The van der Waals surface area contributed by atoms with Gasteiger partial charge in [-0.05, 0) is 32.0 Å². The molecule has 0 aliphatic carbocycles. The molecule has 1 atom stereocenters. The van der Waals surface area contributed by atoms with Gasteiger partial charge in [-0.15, -0.1) is 0 Å². The second-order valence-corrected chi connectivity index (χ2v) is 5.55. The zero-order valence-corrected chi connectivity index (χ0v) is 11.2. The van der Waals surface area contributed by atoms with Gasteiger partial charge < -0.3 is 10.5 Å². The van der Waals surface area contributed by atoms with E-state index in [0.717, 1.165) is 25.3 Å². The Morgan fingerprint density at radius 2 is 2.11 bits per heavy atom. The summed E-state index contributed by atoms with van der Waals surface area (Å²) in [6.07, 6.45) is 3.48. The third kappa shape index (κ3) is 1.73. The molecule has 2 N–H and O–H groups in total. The van der Waals surface area contributed by atoms with Crippen LogP contribution >= 0.6 is 11.6 Å². The van der Waals surface area contributed by atoms with Crippen LogP contribution in [0, 0.1) is 0 Å². The quantitative estimate of drug-likeness (QED) is 0.893. The van der Waals surface area contributed by atoms with Crippen molar-refractivity contribution >= 4 is 11.6 Å². The molecule has 2 aliphatic heterocycles. The van der Waals surface area contributed by atoms with Gasteiger partial charge in [0.1, 0.15) is 5.75 Å². The maximum Gasteiger partial charge on any atom is 0.142 e. The monoisotopic (exact) mass is 266 g/mol. The van der Waals surface area contributed by atoms with E-state index < -0.39 is 0 Å².